The highest BCUT2D eigenvalue weighted by Gasteiger charge is 2.24. The van der Waals surface area contributed by atoms with E-state index in [0.717, 1.165) is 30.3 Å². The van der Waals surface area contributed by atoms with Gasteiger partial charge in [0, 0.05) is 32.2 Å². The van der Waals surface area contributed by atoms with Gasteiger partial charge in [-0.2, -0.15) is 0 Å². The molecule has 25 heavy (non-hydrogen) atoms. The summed E-state index contributed by atoms with van der Waals surface area (Å²) in [4.78, 5) is 17.7. The molecule has 1 fully saturated rings. The van der Waals surface area contributed by atoms with Gasteiger partial charge in [0.1, 0.15) is 0 Å². The highest BCUT2D eigenvalue weighted by atomic mass is 16.6. The minimum absolute atomic E-state index is 0.227. The molecule has 0 radical (unpaired) electrons. The van der Waals surface area contributed by atoms with Gasteiger partial charge in [-0.3, -0.25) is 4.99 Å². The smallest absolute Gasteiger partial charge is 0.409 e. The first-order chi connectivity index (χ1) is 12.0. The van der Waals surface area contributed by atoms with Crippen molar-refractivity contribution in [1.82, 2.24) is 20.7 Å². The standard InChI is InChI=1S/C17H29N5O3/c1-5-24-17(23)22-8-6-13(7-9-22)20-16(18-4)19-11-14-10-15(12(2)3)21-25-14/h10,12-13H,5-9,11H2,1-4H3,(H2,18,19,20). The predicted molar refractivity (Wildman–Crippen MR) is 95.5 cm³/mol. The van der Waals surface area contributed by atoms with Crippen molar-refractivity contribution in [3.8, 4) is 0 Å². The molecule has 1 aromatic heterocycles. The van der Waals surface area contributed by atoms with E-state index >= 15 is 0 Å². The number of aromatic nitrogens is 1. The van der Waals surface area contributed by atoms with Crippen LogP contribution in [0.5, 0.6) is 0 Å². The summed E-state index contributed by atoms with van der Waals surface area (Å²) in [5.41, 5.74) is 0.950. The fourth-order valence-corrected chi connectivity index (χ4v) is 2.66. The molecule has 0 bridgehead atoms. The van der Waals surface area contributed by atoms with Gasteiger partial charge < -0.3 is 24.8 Å². The van der Waals surface area contributed by atoms with Crippen LogP contribution in [0.1, 0.15) is 51.0 Å². The zero-order valence-electron chi connectivity index (χ0n) is 15.5. The summed E-state index contributed by atoms with van der Waals surface area (Å²) in [6.45, 7) is 8.30. The maximum absolute atomic E-state index is 11.7. The number of carbonyl (C=O) groups excluding carboxylic acids is 1. The maximum Gasteiger partial charge on any atom is 0.409 e. The number of aliphatic imine (C=N–C) groups is 1. The van der Waals surface area contributed by atoms with Gasteiger partial charge in [-0.15, -0.1) is 0 Å². The predicted octanol–water partition coefficient (Wildman–Crippen LogP) is 2.08. The minimum atomic E-state index is -0.227. The van der Waals surface area contributed by atoms with Crippen LogP contribution in [0.4, 0.5) is 4.79 Å². The topological polar surface area (TPSA) is 92.0 Å². The quantitative estimate of drug-likeness (QED) is 0.623. The van der Waals surface area contributed by atoms with E-state index in [0.29, 0.717) is 32.2 Å². The lowest BCUT2D eigenvalue weighted by Crippen LogP contribution is -2.49. The summed E-state index contributed by atoms with van der Waals surface area (Å²) >= 11 is 0. The Morgan fingerprint density at radius 1 is 1.48 bits per heavy atom. The van der Waals surface area contributed by atoms with Crippen molar-refractivity contribution < 1.29 is 14.1 Å². The first-order valence-corrected chi connectivity index (χ1v) is 8.87. The zero-order chi connectivity index (χ0) is 18.2. The summed E-state index contributed by atoms with van der Waals surface area (Å²) < 4.78 is 10.4. The number of carbonyl (C=O) groups is 1. The van der Waals surface area contributed by atoms with Crippen LogP contribution in [-0.4, -0.2) is 54.9 Å². The van der Waals surface area contributed by atoms with E-state index in [2.05, 4.69) is 34.6 Å². The highest BCUT2D eigenvalue weighted by molar-refractivity contribution is 5.80. The molecule has 2 rings (SSSR count). The average Bonchev–Trinajstić information content (AvgIpc) is 3.08. The van der Waals surface area contributed by atoms with Crippen molar-refractivity contribution in [2.45, 2.75) is 52.1 Å². The Balaban J connectivity index is 1.76. The van der Waals surface area contributed by atoms with Gasteiger partial charge in [0.05, 0.1) is 18.8 Å². The van der Waals surface area contributed by atoms with E-state index in [4.69, 9.17) is 9.26 Å². The first kappa shape index (κ1) is 19.1. The first-order valence-electron chi connectivity index (χ1n) is 8.87. The lowest BCUT2D eigenvalue weighted by atomic mass is 10.1. The van der Waals surface area contributed by atoms with E-state index < -0.39 is 0 Å². The summed E-state index contributed by atoms with van der Waals surface area (Å²) in [6, 6.07) is 2.24. The van der Waals surface area contributed by atoms with Gasteiger partial charge in [0.2, 0.25) is 0 Å². The van der Waals surface area contributed by atoms with Crippen molar-refractivity contribution in [2.75, 3.05) is 26.7 Å². The van der Waals surface area contributed by atoms with E-state index in [9.17, 15) is 4.79 Å². The Morgan fingerprint density at radius 3 is 2.76 bits per heavy atom. The Kier molecular flexibility index (Phi) is 7.09. The number of rotatable bonds is 5. The number of likely N-dealkylation sites (tertiary alicyclic amines) is 1. The second-order valence-corrected chi connectivity index (χ2v) is 6.40. The van der Waals surface area contributed by atoms with Crippen LogP contribution >= 0.6 is 0 Å². The lowest BCUT2D eigenvalue weighted by molar-refractivity contribution is 0.0963. The molecule has 0 saturated carbocycles. The third-order valence-electron chi connectivity index (χ3n) is 4.18. The van der Waals surface area contributed by atoms with Crippen LogP contribution in [0.2, 0.25) is 0 Å². The molecule has 0 atom stereocenters. The number of hydrogen-bond donors (Lipinski definition) is 2. The molecule has 140 valence electrons. The number of guanidine groups is 1. The van der Waals surface area contributed by atoms with Gasteiger partial charge in [-0.05, 0) is 25.7 Å². The fourth-order valence-electron chi connectivity index (χ4n) is 2.66. The highest BCUT2D eigenvalue weighted by Crippen LogP contribution is 2.14. The molecule has 0 spiro atoms. The van der Waals surface area contributed by atoms with E-state index in [-0.39, 0.29) is 12.1 Å². The van der Waals surface area contributed by atoms with E-state index in [1.807, 2.05) is 13.0 Å². The normalized spacial score (nSPS) is 16.2. The van der Waals surface area contributed by atoms with Crippen molar-refractivity contribution in [2.24, 2.45) is 4.99 Å². The van der Waals surface area contributed by atoms with Crippen LogP contribution in [0, 0.1) is 0 Å². The molecular weight excluding hydrogens is 322 g/mol. The summed E-state index contributed by atoms with van der Waals surface area (Å²) in [5.74, 6) is 1.85. The number of amides is 1. The van der Waals surface area contributed by atoms with Gasteiger partial charge >= 0.3 is 6.09 Å². The Labute approximate surface area is 149 Å². The number of piperidine rings is 1. The molecule has 0 aromatic carbocycles. The molecule has 8 heteroatoms. The van der Waals surface area contributed by atoms with Gasteiger partial charge in [0.15, 0.2) is 11.7 Å². The molecule has 0 aliphatic carbocycles. The monoisotopic (exact) mass is 351 g/mol. The van der Waals surface area contributed by atoms with Crippen molar-refractivity contribution >= 4 is 12.1 Å². The van der Waals surface area contributed by atoms with Crippen LogP contribution < -0.4 is 10.6 Å². The SMILES string of the molecule is CCOC(=O)N1CCC(NC(=NC)NCc2cc(C(C)C)no2)CC1. The third kappa shape index (κ3) is 5.65. The number of nitrogens with zero attached hydrogens (tertiary/aromatic N) is 3. The third-order valence-corrected chi connectivity index (χ3v) is 4.18. The van der Waals surface area contributed by atoms with Crippen LogP contribution in [0.25, 0.3) is 0 Å². The molecule has 1 aliphatic rings. The molecule has 2 heterocycles. The van der Waals surface area contributed by atoms with E-state index in [1.54, 1.807) is 11.9 Å². The Hall–Kier alpha value is -2.25. The zero-order valence-corrected chi connectivity index (χ0v) is 15.5. The van der Waals surface area contributed by atoms with Gasteiger partial charge in [0.25, 0.3) is 0 Å². The van der Waals surface area contributed by atoms with Gasteiger partial charge in [-0.25, -0.2) is 4.79 Å². The second-order valence-electron chi connectivity index (χ2n) is 6.40. The maximum atomic E-state index is 11.7. The summed E-state index contributed by atoms with van der Waals surface area (Å²) in [6.07, 6.45) is 1.49. The molecule has 8 nitrogen and oxygen atoms in total. The molecule has 1 aliphatic heterocycles. The molecule has 2 N–H and O–H groups in total. The Morgan fingerprint density at radius 2 is 2.20 bits per heavy atom. The fraction of sp³-hybridized carbons (Fsp3) is 0.706. The largest absolute Gasteiger partial charge is 0.450 e. The number of hydrogen-bond acceptors (Lipinski definition) is 5. The van der Waals surface area contributed by atoms with Crippen molar-refractivity contribution in [3.05, 3.63) is 17.5 Å². The summed E-state index contributed by atoms with van der Waals surface area (Å²) in [5, 5.41) is 10.7. The Bertz CT molecular complexity index is 577. The number of nitrogens with one attached hydrogen (secondary N) is 2. The average molecular weight is 351 g/mol. The molecule has 1 saturated heterocycles. The van der Waals surface area contributed by atoms with E-state index in [1.165, 1.54) is 0 Å². The lowest BCUT2D eigenvalue weighted by Gasteiger charge is -2.32. The van der Waals surface area contributed by atoms with Gasteiger partial charge in [-0.1, -0.05) is 19.0 Å². The minimum Gasteiger partial charge on any atom is -0.450 e. The molecule has 1 amide bonds. The second kappa shape index (κ2) is 9.29. The van der Waals surface area contributed by atoms with Crippen molar-refractivity contribution in [1.29, 1.82) is 0 Å². The van der Waals surface area contributed by atoms with Crippen LogP contribution in [-0.2, 0) is 11.3 Å². The molecular formula is C17H29N5O3. The number of ether oxygens (including phenoxy) is 1. The molecule has 0 unspecified atom stereocenters. The van der Waals surface area contributed by atoms with Crippen LogP contribution in [0.3, 0.4) is 0 Å². The molecule has 1 aromatic rings. The van der Waals surface area contributed by atoms with Crippen LogP contribution in [0.15, 0.2) is 15.6 Å². The van der Waals surface area contributed by atoms with Crippen molar-refractivity contribution in [3.63, 3.8) is 0 Å². The summed E-state index contributed by atoms with van der Waals surface area (Å²) in [7, 11) is 1.74.